The highest BCUT2D eigenvalue weighted by atomic mass is 19.1. The van der Waals surface area contributed by atoms with Crippen LogP contribution in [0.1, 0.15) is 5.56 Å². The molecule has 19 heavy (non-hydrogen) atoms. The van der Waals surface area contributed by atoms with Crippen LogP contribution in [-0.2, 0) is 0 Å². The van der Waals surface area contributed by atoms with Crippen molar-refractivity contribution in [2.45, 2.75) is 6.92 Å². The average Bonchev–Trinajstić information content (AvgIpc) is 2.42. The Balaban J connectivity index is 2.09. The van der Waals surface area contributed by atoms with Crippen molar-refractivity contribution in [2.75, 3.05) is 18.9 Å². The summed E-state index contributed by atoms with van der Waals surface area (Å²) in [6.45, 7) is 2.83. The maximum atomic E-state index is 14.0. The molecule has 98 valence electrons. The van der Waals surface area contributed by atoms with E-state index in [1.165, 1.54) is 6.07 Å². The summed E-state index contributed by atoms with van der Waals surface area (Å²) in [5.74, 6) is 1.04. The fourth-order valence-corrected chi connectivity index (χ4v) is 2.12. The van der Waals surface area contributed by atoms with Crippen molar-refractivity contribution >= 4 is 5.69 Å². The fraction of sp³-hybridized carbons (Fsp3) is 0.200. The van der Waals surface area contributed by atoms with Gasteiger partial charge < -0.3 is 15.2 Å². The molecule has 2 aromatic carbocycles. The first-order valence-electron chi connectivity index (χ1n) is 6.11. The molecule has 3 rings (SSSR count). The minimum atomic E-state index is -0.289. The molecule has 0 saturated heterocycles. The SMILES string of the molecule is Cc1cc(F)c(-c2ccc3c(c2)OCCO3)cc1N. The average molecular weight is 259 g/mol. The van der Waals surface area contributed by atoms with Crippen molar-refractivity contribution in [1.29, 1.82) is 0 Å². The lowest BCUT2D eigenvalue weighted by Crippen LogP contribution is -2.15. The molecule has 0 aromatic heterocycles. The number of benzene rings is 2. The van der Waals surface area contributed by atoms with E-state index in [9.17, 15) is 4.39 Å². The maximum Gasteiger partial charge on any atom is 0.161 e. The normalized spacial score (nSPS) is 13.4. The van der Waals surface area contributed by atoms with Crippen LogP contribution in [0.2, 0.25) is 0 Å². The number of ether oxygens (including phenoxy) is 2. The number of hydrogen-bond acceptors (Lipinski definition) is 3. The summed E-state index contributed by atoms with van der Waals surface area (Å²) < 4.78 is 25.0. The zero-order valence-corrected chi connectivity index (χ0v) is 10.6. The van der Waals surface area contributed by atoms with Crippen LogP contribution in [0.15, 0.2) is 30.3 Å². The summed E-state index contributed by atoms with van der Waals surface area (Å²) in [5.41, 5.74) is 8.35. The van der Waals surface area contributed by atoms with E-state index in [1.54, 1.807) is 31.2 Å². The minimum absolute atomic E-state index is 0.289. The number of aryl methyl sites for hydroxylation is 1. The van der Waals surface area contributed by atoms with Crippen molar-refractivity contribution in [2.24, 2.45) is 0 Å². The van der Waals surface area contributed by atoms with Crippen molar-refractivity contribution in [1.82, 2.24) is 0 Å². The Labute approximate surface area is 110 Å². The smallest absolute Gasteiger partial charge is 0.161 e. The summed E-state index contributed by atoms with van der Waals surface area (Å²) in [6, 6.07) is 8.47. The van der Waals surface area contributed by atoms with Crippen LogP contribution in [0.5, 0.6) is 11.5 Å². The third-order valence-electron chi connectivity index (χ3n) is 3.21. The molecule has 0 atom stereocenters. The van der Waals surface area contributed by atoms with Crippen LogP contribution in [0.25, 0.3) is 11.1 Å². The third kappa shape index (κ3) is 2.10. The van der Waals surface area contributed by atoms with Crippen molar-refractivity contribution in [3.05, 3.63) is 41.7 Å². The highest BCUT2D eigenvalue weighted by Gasteiger charge is 2.14. The van der Waals surface area contributed by atoms with E-state index in [4.69, 9.17) is 15.2 Å². The minimum Gasteiger partial charge on any atom is -0.486 e. The number of anilines is 1. The van der Waals surface area contributed by atoms with Crippen molar-refractivity contribution in [3.63, 3.8) is 0 Å². The first kappa shape index (κ1) is 11.8. The fourth-order valence-electron chi connectivity index (χ4n) is 2.12. The Morgan fingerprint density at radius 2 is 1.79 bits per heavy atom. The Kier molecular flexibility index (Phi) is 2.78. The topological polar surface area (TPSA) is 44.5 Å². The van der Waals surface area contributed by atoms with Crippen LogP contribution >= 0.6 is 0 Å². The molecule has 1 heterocycles. The molecule has 2 aromatic rings. The highest BCUT2D eigenvalue weighted by molar-refractivity contribution is 5.72. The molecule has 0 spiro atoms. The Bertz CT molecular complexity index is 640. The second-order valence-electron chi connectivity index (χ2n) is 4.55. The van der Waals surface area contributed by atoms with Gasteiger partial charge >= 0.3 is 0 Å². The van der Waals surface area contributed by atoms with Gasteiger partial charge in [-0.25, -0.2) is 4.39 Å². The molecular formula is C15H14FNO2. The van der Waals surface area contributed by atoms with E-state index in [2.05, 4.69) is 0 Å². The maximum absolute atomic E-state index is 14.0. The number of halogens is 1. The molecule has 1 aliphatic rings. The number of rotatable bonds is 1. The first-order chi connectivity index (χ1) is 9.15. The van der Waals surface area contributed by atoms with E-state index in [-0.39, 0.29) is 5.82 Å². The molecule has 3 nitrogen and oxygen atoms in total. The van der Waals surface area contributed by atoms with Gasteiger partial charge in [0.05, 0.1) is 0 Å². The van der Waals surface area contributed by atoms with Gasteiger partial charge in [0.25, 0.3) is 0 Å². The van der Waals surface area contributed by atoms with Crippen LogP contribution in [0.4, 0.5) is 10.1 Å². The highest BCUT2D eigenvalue weighted by Crippen LogP contribution is 2.36. The van der Waals surface area contributed by atoms with E-state index in [0.717, 1.165) is 11.1 Å². The molecule has 0 aliphatic carbocycles. The zero-order chi connectivity index (χ0) is 13.4. The molecular weight excluding hydrogens is 245 g/mol. The number of nitrogen functional groups attached to an aromatic ring is 1. The lowest BCUT2D eigenvalue weighted by molar-refractivity contribution is 0.171. The van der Waals surface area contributed by atoms with Gasteiger partial charge in [-0.3, -0.25) is 0 Å². The lowest BCUT2D eigenvalue weighted by Gasteiger charge is -2.19. The van der Waals surface area contributed by atoms with Crippen LogP contribution in [-0.4, -0.2) is 13.2 Å². The molecule has 0 bridgehead atoms. The predicted octanol–water partition coefficient (Wildman–Crippen LogP) is 3.15. The van der Waals surface area contributed by atoms with Crippen molar-refractivity contribution in [3.8, 4) is 22.6 Å². The molecule has 0 radical (unpaired) electrons. The van der Waals surface area contributed by atoms with Gasteiger partial charge in [0.15, 0.2) is 11.5 Å². The Hall–Kier alpha value is -2.23. The number of nitrogens with two attached hydrogens (primary N) is 1. The third-order valence-corrected chi connectivity index (χ3v) is 3.21. The van der Waals surface area contributed by atoms with Gasteiger partial charge in [0, 0.05) is 11.3 Å². The van der Waals surface area contributed by atoms with E-state index >= 15 is 0 Å². The van der Waals surface area contributed by atoms with Crippen LogP contribution in [0, 0.1) is 12.7 Å². The van der Waals surface area contributed by atoms with Gasteiger partial charge in [-0.05, 0) is 42.3 Å². The van der Waals surface area contributed by atoms with Crippen LogP contribution in [0.3, 0.4) is 0 Å². The molecule has 4 heteroatoms. The van der Waals surface area contributed by atoms with Gasteiger partial charge in [-0.1, -0.05) is 6.07 Å². The molecule has 0 saturated carbocycles. The van der Waals surface area contributed by atoms with Gasteiger partial charge in [0.1, 0.15) is 19.0 Å². The molecule has 2 N–H and O–H groups in total. The largest absolute Gasteiger partial charge is 0.486 e. The monoisotopic (exact) mass is 259 g/mol. The summed E-state index contributed by atoms with van der Waals surface area (Å²) in [5, 5.41) is 0. The summed E-state index contributed by atoms with van der Waals surface area (Å²) in [7, 11) is 0. The van der Waals surface area contributed by atoms with E-state index < -0.39 is 0 Å². The molecule has 0 fully saturated rings. The lowest BCUT2D eigenvalue weighted by atomic mass is 10.0. The summed E-state index contributed by atoms with van der Waals surface area (Å²) in [4.78, 5) is 0. The van der Waals surface area contributed by atoms with E-state index in [0.29, 0.717) is 36.0 Å². The van der Waals surface area contributed by atoms with Gasteiger partial charge in [0.2, 0.25) is 0 Å². The Morgan fingerprint density at radius 3 is 2.58 bits per heavy atom. The second-order valence-corrected chi connectivity index (χ2v) is 4.55. The van der Waals surface area contributed by atoms with Crippen LogP contribution < -0.4 is 15.2 Å². The number of fused-ring (bicyclic) bond motifs is 1. The zero-order valence-electron chi connectivity index (χ0n) is 10.6. The Morgan fingerprint density at radius 1 is 1.05 bits per heavy atom. The second kappa shape index (κ2) is 4.46. The van der Waals surface area contributed by atoms with E-state index in [1.807, 2.05) is 0 Å². The van der Waals surface area contributed by atoms with Gasteiger partial charge in [-0.15, -0.1) is 0 Å². The standard InChI is InChI=1S/C15H14FNO2/c1-9-6-12(16)11(8-13(9)17)10-2-3-14-15(7-10)19-5-4-18-14/h2-3,6-8H,4-5,17H2,1H3. The van der Waals surface area contributed by atoms with Crippen molar-refractivity contribution < 1.29 is 13.9 Å². The molecule has 1 aliphatic heterocycles. The molecule has 0 amide bonds. The summed E-state index contributed by atoms with van der Waals surface area (Å²) >= 11 is 0. The predicted molar refractivity (Wildman–Crippen MR) is 72.0 cm³/mol. The first-order valence-corrected chi connectivity index (χ1v) is 6.11. The van der Waals surface area contributed by atoms with Gasteiger partial charge in [-0.2, -0.15) is 0 Å². The quantitative estimate of drug-likeness (QED) is 0.800. The number of hydrogen-bond donors (Lipinski definition) is 1. The molecule has 0 unspecified atom stereocenters. The summed E-state index contributed by atoms with van der Waals surface area (Å²) in [6.07, 6.45) is 0.